The van der Waals surface area contributed by atoms with Crippen molar-refractivity contribution < 1.29 is 9.15 Å². The van der Waals surface area contributed by atoms with Crippen LogP contribution in [0, 0.1) is 0 Å². The van der Waals surface area contributed by atoms with Gasteiger partial charge in [-0.2, -0.15) is 0 Å². The van der Waals surface area contributed by atoms with Crippen molar-refractivity contribution in [3.8, 4) is 0 Å². The van der Waals surface area contributed by atoms with Crippen LogP contribution in [-0.2, 0) is 9.15 Å². The van der Waals surface area contributed by atoms with Crippen molar-refractivity contribution in [2.45, 2.75) is 19.4 Å². The SMILES string of the molecule is CCC[SiH]1OO1.CN(C)C. The molecule has 4 heteroatoms. The Balaban J connectivity index is 0.000000180. The molecule has 1 fully saturated rings. The van der Waals surface area contributed by atoms with Crippen molar-refractivity contribution in [2.24, 2.45) is 0 Å². The van der Waals surface area contributed by atoms with Crippen LogP contribution in [0.15, 0.2) is 0 Å². The molecule has 0 aromatic carbocycles. The molecule has 10 heavy (non-hydrogen) atoms. The van der Waals surface area contributed by atoms with E-state index in [0.29, 0.717) is 0 Å². The third-order valence-electron chi connectivity index (χ3n) is 0.757. The highest BCUT2D eigenvalue weighted by molar-refractivity contribution is 6.49. The van der Waals surface area contributed by atoms with Crippen LogP contribution in [0.4, 0.5) is 0 Å². The van der Waals surface area contributed by atoms with E-state index in [1.165, 1.54) is 12.5 Å². The largest absolute Gasteiger partial charge is 0.393 e. The van der Waals surface area contributed by atoms with Crippen molar-refractivity contribution in [3.05, 3.63) is 0 Å². The highest BCUT2D eigenvalue weighted by Gasteiger charge is 2.27. The van der Waals surface area contributed by atoms with Crippen molar-refractivity contribution in [1.29, 1.82) is 0 Å². The molecule has 1 aliphatic heterocycles. The topological polar surface area (TPSA) is 28.3 Å². The molecule has 0 bridgehead atoms. The van der Waals surface area contributed by atoms with Crippen molar-refractivity contribution >= 4 is 9.28 Å². The molecule has 0 unspecified atom stereocenters. The van der Waals surface area contributed by atoms with E-state index in [2.05, 4.69) is 16.1 Å². The Morgan fingerprint density at radius 2 is 1.60 bits per heavy atom. The summed E-state index contributed by atoms with van der Waals surface area (Å²) in [4.78, 5) is 2.00. The summed E-state index contributed by atoms with van der Waals surface area (Å²) in [5, 5.41) is 0. The van der Waals surface area contributed by atoms with Gasteiger partial charge in [-0.1, -0.05) is 13.3 Å². The van der Waals surface area contributed by atoms with Gasteiger partial charge in [0, 0.05) is 0 Å². The number of hydrogen-bond acceptors (Lipinski definition) is 3. The van der Waals surface area contributed by atoms with Gasteiger partial charge in [-0.05, 0) is 27.2 Å². The van der Waals surface area contributed by atoms with Crippen LogP contribution >= 0.6 is 0 Å². The summed E-state index contributed by atoms with van der Waals surface area (Å²) in [6, 6.07) is 1.18. The normalized spacial score (nSPS) is 16.5. The van der Waals surface area contributed by atoms with E-state index < -0.39 is 9.28 Å². The predicted octanol–water partition coefficient (Wildman–Crippen LogP) is 0.756. The summed E-state index contributed by atoms with van der Waals surface area (Å²) in [6.45, 7) is 2.14. The molecule has 1 saturated heterocycles. The maximum absolute atomic E-state index is 4.59. The van der Waals surface area contributed by atoms with Crippen LogP contribution in [0.3, 0.4) is 0 Å². The summed E-state index contributed by atoms with van der Waals surface area (Å²) in [7, 11) is 5.08. The van der Waals surface area contributed by atoms with Gasteiger partial charge in [-0.25, -0.2) is 0 Å². The van der Waals surface area contributed by atoms with Crippen LogP contribution in [0.25, 0.3) is 0 Å². The molecule has 0 saturated carbocycles. The molecule has 1 heterocycles. The minimum Gasteiger partial charge on any atom is -0.312 e. The van der Waals surface area contributed by atoms with Gasteiger partial charge in [-0.15, -0.1) is 0 Å². The molecule has 0 atom stereocenters. The maximum atomic E-state index is 4.59. The quantitative estimate of drug-likeness (QED) is 0.342. The van der Waals surface area contributed by atoms with E-state index >= 15 is 0 Å². The lowest BCUT2D eigenvalue weighted by Gasteiger charge is -1.90. The van der Waals surface area contributed by atoms with Crippen LogP contribution in [0.5, 0.6) is 0 Å². The molecule has 1 rings (SSSR count). The molecule has 0 spiro atoms. The fourth-order valence-electron chi connectivity index (χ4n) is 0.371. The van der Waals surface area contributed by atoms with Crippen molar-refractivity contribution in [1.82, 2.24) is 4.90 Å². The van der Waals surface area contributed by atoms with Crippen molar-refractivity contribution in [3.63, 3.8) is 0 Å². The zero-order chi connectivity index (χ0) is 7.98. The molecular formula is C6H17NO2Si. The van der Waals surface area contributed by atoms with Crippen LogP contribution < -0.4 is 0 Å². The zero-order valence-electron chi connectivity index (χ0n) is 7.26. The molecule has 0 aromatic rings. The van der Waals surface area contributed by atoms with E-state index in [1.807, 2.05) is 26.0 Å². The second-order valence-corrected chi connectivity index (χ2v) is 4.57. The summed E-state index contributed by atoms with van der Waals surface area (Å²) in [5.74, 6) is 0. The van der Waals surface area contributed by atoms with E-state index in [9.17, 15) is 0 Å². The third-order valence-corrected chi connectivity index (χ3v) is 2.27. The average molecular weight is 163 g/mol. The highest BCUT2D eigenvalue weighted by atomic mass is 28.3. The Morgan fingerprint density at radius 3 is 1.70 bits per heavy atom. The summed E-state index contributed by atoms with van der Waals surface area (Å²) in [6.07, 6.45) is 1.21. The summed E-state index contributed by atoms with van der Waals surface area (Å²) in [5.41, 5.74) is 0. The Hall–Kier alpha value is 0.0969. The molecule has 3 nitrogen and oxygen atoms in total. The van der Waals surface area contributed by atoms with E-state index in [0.717, 1.165) is 0 Å². The Labute approximate surface area is 64.7 Å². The lowest BCUT2D eigenvalue weighted by Crippen LogP contribution is -1.99. The van der Waals surface area contributed by atoms with Crippen LogP contribution in [0.2, 0.25) is 6.04 Å². The first-order valence-electron chi connectivity index (χ1n) is 3.60. The lowest BCUT2D eigenvalue weighted by molar-refractivity contribution is 0.0850. The second-order valence-electron chi connectivity index (χ2n) is 2.75. The second kappa shape index (κ2) is 5.85. The number of hydrogen-bond donors (Lipinski definition) is 0. The van der Waals surface area contributed by atoms with E-state index in [1.54, 1.807) is 0 Å². The van der Waals surface area contributed by atoms with Gasteiger partial charge in [0.15, 0.2) is 0 Å². The lowest BCUT2D eigenvalue weighted by atomic mass is 10.6. The number of rotatable bonds is 2. The summed E-state index contributed by atoms with van der Waals surface area (Å²) >= 11 is 0. The van der Waals surface area contributed by atoms with Gasteiger partial charge >= 0.3 is 9.28 Å². The zero-order valence-corrected chi connectivity index (χ0v) is 8.41. The molecule has 1 aliphatic rings. The molecule has 0 radical (unpaired) electrons. The minimum absolute atomic E-state index is 0.921. The highest BCUT2D eigenvalue weighted by Crippen LogP contribution is 2.12. The van der Waals surface area contributed by atoms with Gasteiger partial charge in [-0.3, -0.25) is 9.15 Å². The molecule has 0 aliphatic carbocycles. The standard InChI is InChI=1S/C3H9N.C3H8O2Si/c1-4(2)3;1-2-3-6-4-5-6/h1-3H3;6H,2-3H2,1H3. The van der Waals surface area contributed by atoms with E-state index in [4.69, 9.17) is 0 Å². The van der Waals surface area contributed by atoms with Gasteiger partial charge in [0.05, 0.1) is 0 Å². The smallest absolute Gasteiger partial charge is 0.312 e. The number of nitrogens with zero attached hydrogens (tertiary/aromatic N) is 1. The van der Waals surface area contributed by atoms with Gasteiger partial charge < -0.3 is 4.90 Å². The monoisotopic (exact) mass is 163 g/mol. The molecule has 62 valence electrons. The minimum atomic E-state index is -0.921. The average Bonchev–Trinajstić information content (AvgIpc) is 2.48. The van der Waals surface area contributed by atoms with Crippen LogP contribution in [-0.4, -0.2) is 35.3 Å². The first kappa shape index (κ1) is 10.1. The molecule has 0 N–H and O–H groups in total. The molecule has 0 aromatic heterocycles. The van der Waals surface area contributed by atoms with Gasteiger partial charge in [0.1, 0.15) is 0 Å². The Morgan fingerprint density at radius 1 is 1.20 bits per heavy atom. The first-order valence-corrected chi connectivity index (χ1v) is 5.35. The third kappa shape index (κ3) is 11.0. The predicted molar refractivity (Wildman–Crippen MR) is 44.0 cm³/mol. The van der Waals surface area contributed by atoms with Crippen molar-refractivity contribution in [2.75, 3.05) is 21.1 Å². The van der Waals surface area contributed by atoms with Gasteiger partial charge in [0.25, 0.3) is 0 Å². The van der Waals surface area contributed by atoms with Crippen LogP contribution in [0.1, 0.15) is 13.3 Å². The fourth-order valence-corrected chi connectivity index (χ4v) is 1.35. The Kier molecular flexibility index (Phi) is 5.91. The molecule has 0 amide bonds. The summed E-state index contributed by atoms with van der Waals surface area (Å²) < 4.78 is 9.18. The molecular weight excluding hydrogens is 146 g/mol. The Bertz CT molecular complexity index is 73.4. The van der Waals surface area contributed by atoms with E-state index in [-0.39, 0.29) is 0 Å². The fraction of sp³-hybridized carbons (Fsp3) is 1.00. The van der Waals surface area contributed by atoms with Gasteiger partial charge in [0.2, 0.25) is 0 Å². The maximum Gasteiger partial charge on any atom is 0.393 e. The first-order chi connectivity index (χ1) is 4.66.